The summed E-state index contributed by atoms with van der Waals surface area (Å²) in [6.45, 7) is 0.441. The standard InChI is InChI=1S/C25H21ClN2O4/c26-19-11-7-17(8-12-19)25(31)18-9-13-20(14-10-18)32-16-23(29)27-21-4-1-2-5-22(21)28-15-3-6-24(28)30/h1-2,4-5,7-14H,3,6,15-16H2,(H,27,29). The maximum absolute atomic E-state index is 12.5. The van der Waals surface area contributed by atoms with Crippen LogP contribution in [-0.4, -0.2) is 30.7 Å². The summed E-state index contributed by atoms with van der Waals surface area (Å²) < 4.78 is 5.56. The van der Waals surface area contributed by atoms with Crippen LogP contribution in [-0.2, 0) is 9.59 Å². The van der Waals surface area contributed by atoms with Gasteiger partial charge in [-0.25, -0.2) is 0 Å². The first-order valence-corrected chi connectivity index (χ1v) is 10.6. The average molecular weight is 449 g/mol. The number of halogens is 1. The Kier molecular flexibility index (Phi) is 6.52. The van der Waals surface area contributed by atoms with Crippen molar-refractivity contribution in [1.82, 2.24) is 0 Å². The van der Waals surface area contributed by atoms with Gasteiger partial charge in [-0.1, -0.05) is 23.7 Å². The number of anilines is 2. The number of carbonyl (C=O) groups excluding carboxylic acids is 3. The van der Waals surface area contributed by atoms with Gasteiger partial charge in [0, 0.05) is 29.1 Å². The summed E-state index contributed by atoms with van der Waals surface area (Å²) in [6.07, 6.45) is 1.32. The van der Waals surface area contributed by atoms with Crippen LogP contribution in [0.5, 0.6) is 5.75 Å². The number of nitrogens with one attached hydrogen (secondary N) is 1. The first-order valence-electron chi connectivity index (χ1n) is 10.2. The van der Waals surface area contributed by atoms with Crippen molar-refractivity contribution in [3.8, 4) is 5.75 Å². The van der Waals surface area contributed by atoms with Gasteiger partial charge in [-0.2, -0.15) is 0 Å². The molecule has 0 saturated carbocycles. The van der Waals surface area contributed by atoms with Gasteiger partial charge in [0.05, 0.1) is 11.4 Å². The zero-order valence-electron chi connectivity index (χ0n) is 17.2. The summed E-state index contributed by atoms with van der Waals surface area (Å²) in [4.78, 5) is 38.7. The lowest BCUT2D eigenvalue weighted by Crippen LogP contribution is -2.26. The molecule has 32 heavy (non-hydrogen) atoms. The predicted molar refractivity (Wildman–Crippen MR) is 123 cm³/mol. The minimum absolute atomic E-state index is 0.0520. The molecule has 0 aromatic heterocycles. The van der Waals surface area contributed by atoms with E-state index >= 15 is 0 Å². The fourth-order valence-corrected chi connectivity index (χ4v) is 3.65. The topological polar surface area (TPSA) is 75.7 Å². The van der Waals surface area contributed by atoms with Crippen LogP contribution in [0.25, 0.3) is 0 Å². The van der Waals surface area contributed by atoms with E-state index in [0.717, 1.165) is 6.42 Å². The summed E-state index contributed by atoms with van der Waals surface area (Å²) >= 11 is 5.86. The lowest BCUT2D eigenvalue weighted by Gasteiger charge is -2.20. The number of para-hydroxylation sites is 2. The number of hydrogen-bond acceptors (Lipinski definition) is 4. The van der Waals surface area contributed by atoms with Crippen molar-refractivity contribution in [2.75, 3.05) is 23.4 Å². The van der Waals surface area contributed by atoms with Crippen LogP contribution >= 0.6 is 11.6 Å². The maximum atomic E-state index is 12.5. The number of nitrogens with zero attached hydrogens (tertiary/aromatic N) is 1. The summed E-state index contributed by atoms with van der Waals surface area (Å²) in [6, 6.07) is 20.5. The zero-order valence-corrected chi connectivity index (χ0v) is 18.0. The molecule has 0 atom stereocenters. The molecule has 4 rings (SSSR count). The van der Waals surface area contributed by atoms with Crippen molar-refractivity contribution in [2.45, 2.75) is 12.8 Å². The maximum Gasteiger partial charge on any atom is 0.262 e. The number of carbonyl (C=O) groups is 3. The smallest absolute Gasteiger partial charge is 0.262 e. The number of amides is 2. The Morgan fingerprint density at radius 2 is 1.59 bits per heavy atom. The highest BCUT2D eigenvalue weighted by Gasteiger charge is 2.24. The zero-order chi connectivity index (χ0) is 22.5. The molecule has 0 unspecified atom stereocenters. The molecule has 3 aromatic rings. The minimum atomic E-state index is -0.342. The number of ether oxygens (including phenoxy) is 1. The fraction of sp³-hybridized carbons (Fsp3) is 0.160. The van der Waals surface area contributed by atoms with Gasteiger partial charge < -0.3 is 15.0 Å². The van der Waals surface area contributed by atoms with Gasteiger partial charge in [-0.15, -0.1) is 0 Å². The molecule has 162 valence electrons. The van der Waals surface area contributed by atoms with Crippen LogP contribution in [0.15, 0.2) is 72.8 Å². The Morgan fingerprint density at radius 3 is 2.25 bits per heavy atom. The fourth-order valence-electron chi connectivity index (χ4n) is 3.52. The van der Waals surface area contributed by atoms with Crippen LogP contribution in [0.1, 0.15) is 28.8 Å². The van der Waals surface area contributed by atoms with E-state index in [4.69, 9.17) is 16.3 Å². The van der Waals surface area contributed by atoms with Gasteiger partial charge in [0.1, 0.15) is 5.75 Å². The molecule has 1 aliphatic heterocycles. The lowest BCUT2D eigenvalue weighted by molar-refractivity contribution is -0.118. The van der Waals surface area contributed by atoms with Crippen molar-refractivity contribution in [1.29, 1.82) is 0 Å². The van der Waals surface area contributed by atoms with Crippen molar-refractivity contribution in [3.05, 3.63) is 88.9 Å². The number of benzene rings is 3. The molecular formula is C25H21ClN2O4. The third-order valence-electron chi connectivity index (χ3n) is 5.14. The average Bonchev–Trinajstić information content (AvgIpc) is 3.24. The van der Waals surface area contributed by atoms with Crippen LogP contribution in [0.3, 0.4) is 0 Å². The van der Waals surface area contributed by atoms with Crippen LogP contribution in [0.2, 0.25) is 5.02 Å². The first-order chi connectivity index (χ1) is 15.5. The minimum Gasteiger partial charge on any atom is -0.484 e. The summed E-state index contributed by atoms with van der Waals surface area (Å²) in [7, 11) is 0. The summed E-state index contributed by atoms with van der Waals surface area (Å²) in [5.74, 6) is 0.0523. The van der Waals surface area contributed by atoms with E-state index in [0.29, 0.717) is 46.2 Å². The predicted octanol–water partition coefficient (Wildman–Crippen LogP) is 4.72. The molecule has 3 aromatic carbocycles. The number of ketones is 1. The second-order valence-electron chi connectivity index (χ2n) is 7.36. The molecule has 0 aliphatic carbocycles. The molecule has 7 heteroatoms. The Hall–Kier alpha value is -3.64. The van der Waals surface area contributed by atoms with E-state index in [2.05, 4.69) is 5.32 Å². The molecule has 2 amide bonds. The molecule has 1 saturated heterocycles. The molecule has 1 heterocycles. The molecule has 1 aliphatic rings. The van der Waals surface area contributed by atoms with Gasteiger partial charge in [0.25, 0.3) is 5.91 Å². The van der Waals surface area contributed by atoms with Crippen LogP contribution < -0.4 is 15.0 Å². The first kappa shape index (κ1) is 21.6. The molecule has 0 radical (unpaired) electrons. The monoisotopic (exact) mass is 448 g/mol. The molecule has 1 fully saturated rings. The van der Waals surface area contributed by atoms with Crippen molar-refractivity contribution < 1.29 is 19.1 Å². The van der Waals surface area contributed by atoms with Crippen molar-refractivity contribution in [2.24, 2.45) is 0 Å². The molecule has 1 N–H and O–H groups in total. The largest absolute Gasteiger partial charge is 0.484 e. The van der Waals surface area contributed by atoms with E-state index in [1.54, 1.807) is 65.6 Å². The van der Waals surface area contributed by atoms with Gasteiger partial charge in [0.15, 0.2) is 12.4 Å². The third-order valence-corrected chi connectivity index (χ3v) is 5.39. The number of rotatable bonds is 7. The Labute approximate surface area is 190 Å². The van der Waals surface area contributed by atoms with Gasteiger partial charge in [-0.05, 0) is 67.1 Å². The third kappa shape index (κ3) is 4.98. The van der Waals surface area contributed by atoms with Crippen LogP contribution in [0.4, 0.5) is 11.4 Å². The van der Waals surface area contributed by atoms with Gasteiger partial charge in [-0.3, -0.25) is 14.4 Å². The SMILES string of the molecule is O=C(COc1ccc(C(=O)c2ccc(Cl)cc2)cc1)Nc1ccccc1N1CCCC1=O. The highest BCUT2D eigenvalue weighted by molar-refractivity contribution is 6.30. The second kappa shape index (κ2) is 9.66. The molecule has 6 nitrogen and oxygen atoms in total. The van der Waals surface area contributed by atoms with Crippen molar-refractivity contribution in [3.63, 3.8) is 0 Å². The Balaban J connectivity index is 1.35. The van der Waals surface area contributed by atoms with Crippen LogP contribution in [0, 0.1) is 0 Å². The number of hydrogen-bond donors (Lipinski definition) is 1. The van der Waals surface area contributed by atoms with Gasteiger partial charge in [0.2, 0.25) is 5.91 Å². The highest BCUT2D eigenvalue weighted by Crippen LogP contribution is 2.29. The van der Waals surface area contributed by atoms with Crippen molar-refractivity contribution >= 4 is 40.6 Å². The highest BCUT2D eigenvalue weighted by atomic mass is 35.5. The van der Waals surface area contributed by atoms with Gasteiger partial charge >= 0.3 is 0 Å². The summed E-state index contributed by atoms with van der Waals surface area (Å²) in [5.41, 5.74) is 2.31. The molecular weight excluding hydrogens is 428 g/mol. The van der Waals surface area contributed by atoms with E-state index in [1.807, 2.05) is 12.1 Å². The lowest BCUT2D eigenvalue weighted by atomic mass is 10.0. The Morgan fingerprint density at radius 1 is 0.938 bits per heavy atom. The van der Waals surface area contributed by atoms with E-state index in [-0.39, 0.29) is 24.2 Å². The second-order valence-corrected chi connectivity index (χ2v) is 7.80. The van der Waals surface area contributed by atoms with E-state index in [9.17, 15) is 14.4 Å². The Bertz CT molecular complexity index is 1140. The van der Waals surface area contributed by atoms with E-state index in [1.165, 1.54) is 0 Å². The molecule has 0 spiro atoms. The quantitative estimate of drug-likeness (QED) is 0.531. The normalized spacial score (nSPS) is 13.2. The summed E-state index contributed by atoms with van der Waals surface area (Å²) in [5, 5.41) is 3.38. The molecule has 0 bridgehead atoms. The van der Waals surface area contributed by atoms with E-state index < -0.39 is 0 Å².